The summed E-state index contributed by atoms with van der Waals surface area (Å²) in [6.07, 6.45) is 0.209. The van der Waals surface area contributed by atoms with Crippen molar-refractivity contribution >= 4 is 5.69 Å². The van der Waals surface area contributed by atoms with Crippen LogP contribution >= 0.6 is 0 Å². The first kappa shape index (κ1) is 17.0. The van der Waals surface area contributed by atoms with Gasteiger partial charge in [-0.2, -0.15) is 0 Å². The van der Waals surface area contributed by atoms with E-state index in [-0.39, 0.29) is 12.2 Å². The van der Waals surface area contributed by atoms with Crippen LogP contribution in [0.5, 0.6) is 17.2 Å². The summed E-state index contributed by atoms with van der Waals surface area (Å²) in [5.74, 6) is 2.52. The van der Waals surface area contributed by atoms with Crippen molar-refractivity contribution in [2.45, 2.75) is 33.0 Å². The Morgan fingerprint density at radius 3 is 2.22 bits per heavy atom. The SMILES string of the molecule is COc1ccc(OC(C)CNc2cccc(OC(C)C)c2)cc1. The lowest BCUT2D eigenvalue weighted by molar-refractivity contribution is 0.234. The Morgan fingerprint density at radius 1 is 0.870 bits per heavy atom. The predicted molar refractivity (Wildman–Crippen MR) is 93.8 cm³/mol. The molecule has 2 rings (SSSR count). The number of ether oxygens (including phenoxy) is 3. The van der Waals surface area contributed by atoms with Crippen LogP contribution in [0.15, 0.2) is 48.5 Å². The van der Waals surface area contributed by atoms with E-state index in [0.29, 0.717) is 6.54 Å². The molecule has 0 spiro atoms. The van der Waals surface area contributed by atoms with Crippen molar-refractivity contribution in [3.05, 3.63) is 48.5 Å². The van der Waals surface area contributed by atoms with Gasteiger partial charge >= 0.3 is 0 Å². The van der Waals surface area contributed by atoms with Crippen molar-refractivity contribution in [1.29, 1.82) is 0 Å². The molecule has 0 aliphatic rings. The standard InChI is InChI=1S/C19H25NO3/c1-14(2)22-19-7-5-6-16(12-19)20-13-15(3)23-18-10-8-17(21-4)9-11-18/h5-12,14-15,20H,13H2,1-4H3. The number of hydrogen-bond acceptors (Lipinski definition) is 4. The normalized spacial score (nSPS) is 11.9. The first-order valence-corrected chi connectivity index (χ1v) is 7.88. The van der Waals surface area contributed by atoms with E-state index >= 15 is 0 Å². The monoisotopic (exact) mass is 315 g/mol. The van der Waals surface area contributed by atoms with Crippen LogP contribution in [0.2, 0.25) is 0 Å². The Bertz CT molecular complexity index is 596. The summed E-state index contributed by atoms with van der Waals surface area (Å²) < 4.78 is 16.7. The number of anilines is 1. The molecule has 0 aliphatic heterocycles. The van der Waals surface area contributed by atoms with Gasteiger partial charge in [0.15, 0.2) is 0 Å². The molecular formula is C19H25NO3. The number of benzene rings is 2. The lowest BCUT2D eigenvalue weighted by Crippen LogP contribution is -2.22. The smallest absolute Gasteiger partial charge is 0.121 e. The molecule has 0 fully saturated rings. The molecule has 2 aromatic rings. The summed E-state index contributed by atoms with van der Waals surface area (Å²) in [6, 6.07) is 15.6. The maximum Gasteiger partial charge on any atom is 0.121 e. The molecular weight excluding hydrogens is 290 g/mol. The molecule has 124 valence electrons. The molecule has 0 radical (unpaired) electrons. The van der Waals surface area contributed by atoms with Crippen molar-refractivity contribution in [2.75, 3.05) is 19.0 Å². The molecule has 0 heterocycles. The molecule has 23 heavy (non-hydrogen) atoms. The highest BCUT2D eigenvalue weighted by atomic mass is 16.5. The minimum atomic E-state index is 0.0399. The van der Waals surface area contributed by atoms with Crippen LogP contribution in [0.25, 0.3) is 0 Å². The number of nitrogens with one attached hydrogen (secondary N) is 1. The predicted octanol–water partition coefficient (Wildman–Crippen LogP) is 4.36. The van der Waals surface area contributed by atoms with Crippen molar-refractivity contribution in [3.63, 3.8) is 0 Å². The third-order valence-corrected chi connectivity index (χ3v) is 3.20. The zero-order valence-electron chi connectivity index (χ0n) is 14.2. The average molecular weight is 315 g/mol. The van der Waals surface area contributed by atoms with Gasteiger partial charge in [0.05, 0.1) is 19.8 Å². The van der Waals surface area contributed by atoms with Crippen molar-refractivity contribution in [3.8, 4) is 17.2 Å². The van der Waals surface area contributed by atoms with Gasteiger partial charge in [0.25, 0.3) is 0 Å². The molecule has 4 heteroatoms. The van der Waals surface area contributed by atoms with Gasteiger partial charge in [0.1, 0.15) is 23.4 Å². The highest BCUT2D eigenvalue weighted by Gasteiger charge is 2.05. The minimum Gasteiger partial charge on any atom is -0.497 e. The molecule has 1 unspecified atom stereocenters. The molecule has 0 aromatic heterocycles. The quantitative estimate of drug-likeness (QED) is 0.785. The maximum absolute atomic E-state index is 5.88. The molecule has 1 atom stereocenters. The second kappa shape index (κ2) is 8.32. The zero-order valence-corrected chi connectivity index (χ0v) is 14.2. The van der Waals surface area contributed by atoms with E-state index in [1.54, 1.807) is 7.11 Å². The topological polar surface area (TPSA) is 39.7 Å². The van der Waals surface area contributed by atoms with Gasteiger partial charge in [-0.3, -0.25) is 0 Å². The van der Waals surface area contributed by atoms with Crippen LogP contribution in [0, 0.1) is 0 Å². The molecule has 0 amide bonds. The van der Waals surface area contributed by atoms with Crippen molar-refractivity contribution in [2.24, 2.45) is 0 Å². The largest absolute Gasteiger partial charge is 0.497 e. The van der Waals surface area contributed by atoms with E-state index < -0.39 is 0 Å². The molecule has 0 saturated heterocycles. The molecule has 1 N–H and O–H groups in total. The molecule has 0 saturated carbocycles. The first-order chi connectivity index (χ1) is 11.1. The summed E-state index contributed by atoms with van der Waals surface area (Å²) >= 11 is 0. The van der Waals surface area contributed by atoms with E-state index in [0.717, 1.165) is 22.9 Å². The summed E-state index contributed by atoms with van der Waals surface area (Å²) in [6.45, 7) is 6.78. The zero-order chi connectivity index (χ0) is 16.7. The Kier molecular flexibility index (Phi) is 6.15. The highest BCUT2D eigenvalue weighted by Crippen LogP contribution is 2.20. The number of methoxy groups -OCH3 is 1. The molecule has 0 aliphatic carbocycles. The van der Waals surface area contributed by atoms with E-state index in [2.05, 4.69) is 5.32 Å². The Balaban J connectivity index is 1.84. The Hall–Kier alpha value is -2.36. The van der Waals surface area contributed by atoms with Gasteiger partial charge in [-0.15, -0.1) is 0 Å². The summed E-state index contributed by atoms with van der Waals surface area (Å²) in [5, 5.41) is 3.37. The second-order valence-corrected chi connectivity index (χ2v) is 5.68. The van der Waals surface area contributed by atoms with Crippen molar-refractivity contribution < 1.29 is 14.2 Å². The maximum atomic E-state index is 5.88. The third kappa shape index (κ3) is 5.74. The molecule has 4 nitrogen and oxygen atoms in total. The number of rotatable bonds is 8. The van der Waals surface area contributed by atoms with E-state index in [1.165, 1.54) is 0 Å². The van der Waals surface area contributed by atoms with Crippen LogP contribution in [-0.4, -0.2) is 25.9 Å². The van der Waals surface area contributed by atoms with E-state index in [1.807, 2.05) is 69.3 Å². The first-order valence-electron chi connectivity index (χ1n) is 7.88. The van der Waals surface area contributed by atoms with Crippen LogP contribution in [0.3, 0.4) is 0 Å². The summed E-state index contributed by atoms with van der Waals surface area (Å²) in [4.78, 5) is 0. The van der Waals surface area contributed by atoms with Crippen LogP contribution in [0.4, 0.5) is 5.69 Å². The van der Waals surface area contributed by atoms with Crippen LogP contribution < -0.4 is 19.5 Å². The summed E-state index contributed by atoms with van der Waals surface area (Å²) in [5.41, 5.74) is 1.02. The lowest BCUT2D eigenvalue weighted by Gasteiger charge is -2.17. The summed E-state index contributed by atoms with van der Waals surface area (Å²) in [7, 11) is 1.65. The van der Waals surface area contributed by atoms with E-state index in [4.69, 9.17) is 14.2 Å². The third-order valence-electron chi connectivity index (χ3n) is 3.20. The van der Waals surface area contributed by atoms with Gasteiger partial charge in [0, 0.05) is 11.8 Å². The van der Waals surface area contributed by atoms with Gasteiger partial charge < -0.3 is 19.5 Å². The Labute approximate surface area is 138 Å². The lowest BCUT2D eigenvalue weighted by atomic mass is 10.2. The average Bonchev–Trinajstić information content (AvgIpc) is 2.53. The molecule has 0 bridgehead atoms. The fourth-order valence-electron chi connectivity index (χ4n) is 2.14. The highest BCUT2D eigenvalue weighted by molar-refractivity contribution is 5.48. The van der Waals surface area contributed by atoms with Gasteiger partial charge in [0.2, 0.25) is 0 Å². The Morgan fingerprint density at radius 2 is 1.57 bits per heavy atom. The fourth-order valence-corrected chi connectivity index (χ4v) is 2.14. The van der Waals surface area contributed by atoms with Gasteiger partial charge in [-0.05, 0) is 57.2 Å². The van der Waals surface area contributed by atoms with Crippen LogP contribution in [0.1, 0.15) is 20.8 Å². The molecule has 2 aromatic carbocycles. The van der Waals surface area contributed by atoms with Crippen molar-refractivity contribution in [1.82, 2.24) is 0 Å². The van der Waals surface area contributed by atoms with Gasteiger partial charge in [-0.1, -0.05) is 6.07 Å². The van der Waals surface area contributed by atoms with E-state index in [9.17, 15) is 0 Å². The van der Waals surface area contributed by atoms with Crippen LogP contribution in [-0.2, 0) is 0 Å². The minimum absolute atomic E-state index is 0.0399. The van der Waals surface area contributed by atoms with Gasteiger partial charge in [-0.25, -0.2) is 0 Å². The second-order valence-electron chi connectivity index (χ2n) is 5.68. The fraction of sp³-hybridized carbons (Fsp3) is 0.368. The number of hydrogen-bond donors (Lipinski definition) is 1.